The highest BCUT2D eigenvalue weighted by Gasteiger charge is 2.19. The van der Waals surface area contributed by atoms with Gasteiger partial charge in [-0.15, -0.1) is 12.4 Å². The molecule has 0 aliphatic carbocycles. The molecule has 1 saturated heterocycles. The second-order valence-electron chi connectivity index (χ2n) is 6.09. The Morgan fingerprint density at radius 1 is 1.32 bits per heavy atom. The van der Waals surface area contributed by atoms with Gasteiger partial charge < -0.3 is 19.9 Å². The molecule has 2 heterocycles. The number of hydrogen-bond acceptors (Lipinski definition) is 5. The normalized spacial score (nSPS) is 14.6. The number of carbonyl (C=O) groups excluding carboxylic acids is 1. The molecule has 1 aromatic heterocycles. The standard InChI is InChI=1S/C18H23N3O3.ClH/c1-12-16(13(2)24-21-12)11-23-17-6-4-3-5-15(17)18(22)20-14-7-9-19-10-8-14;/h3-6,14,19H,7-11H2,1-2H3,(H,20,22);1H. The van der Waals surface area contributed by atoms with Crippen LogP contribution in [0.1, 0.15) is 40.2 Å². The molecule has 1 aliphatic rings. The zero-order chi connectivity index (χ0) is 16.9. The molecular formula is C18H24ClN3O3. The number of aryl methyl sites for hydroxylation is 2. The van der Waals surface area contributed by atoms with Gasteiger partial charge >= 0.3 is 0 Å². The number of carbonyl (C=O) groups is 1. The summed E-state index contributed by atoms with van der Waals surface area (Å²) in [5, 5.41) is 10.3. The Bertz CT molecular complexity index is 692. The van der Waals surface area contributed by atoms with Crippen molar-refractivity contribution in [1.29, 1.82) is 0 Å². The van der Waals surface area contributed by atoms with Crippen molar-refractivity contribution in [2.75, 3.05) is 13.1 Å². The quantitative estimate of drug-likeness (QED) is 0.852. The molecule has 7 heteroatoms. The molecule has 1 aliphatic heterocycles. The number of nitrogens with zero attached hydrogens (tertiary/aromatic N) is 1. The Kier molecular flexibility index (Phi) is 6.84. The molecule has 2 N–H and O–H groups in total. The van der Waals surface area contributed by atoms with Crippen molar-refractivity contribution in [1.82, 2.24) is 15.8 Å². The third-order valence-electron chi connectivity index (χ3n) is 4.36. The zero-order valence-corrected chi connectivity index (χ0v) is 15.3. The van der Waals surface area contributed by atoms with E-state index in [0.29, 0.717) is 17.9 Å². The lowest BCUT2D eigenvalue weighted by atomic mass is 10.1. The molecule has 1 amide bonds. The van der Waals surface area contributed by atoms with Gasteiger partial charge in [-0.3, -0.25) is 4.79 Å². The van der Waals surface area contributed by atoms with Crippen molar-refractivity contribution in [2.24, 2.45) is 0 Å². The van der Waals surface area contributed by atoms with E-state index >= 15 is 0 Å². The Hall–Kier alpha value is -2.05. The van der Waals surface area contributed by atoms with E-state index < -0.39 is 0 Å². The lowest BCUT2D eigenvalue weighted by Crippen LogP contribution is -2.42. The Balaban J connectivity index is 0.00000225. The van der Waals surface area contributed by atoms with Crippen LogP contribution in [-0.4, -0.2) is 30.2 Å². The third kappa shape index (κ3) is 4.74. The van der Waals surface area contributed by atoms with Crippen LogP contribution >= 0.6 is 12.4 Å². The summed E-state index contributed by atoms with van der Waals surface area (Å²) < 4.78 is 11.0. The first-order valence-electron chi connectivity index (χ1n) is 8.30. The summed E-state index contributed by atoms with van der Waals surface area (Å²) in [5.74, 6) is 1.23. The van der Waals surface area contributed by atoms with E-state index in [1.54, 1.807) is 6.07 Å². The van der Waals surface area contributed by atoms with Gasteiger partial charge in [0.15, 0.2) is 0 Å². The van der Waals surface area contributed by atoms with Gasteiger partial charge in [0.2, 0.25) is 0 Å². The predicted molar refractivity (Wildman–Crippen MR) is 97.4 cm³/mol. The summed E-state index contributed by atoms with van der Waals surface area (Å²) in [6, 6.07) is 7.54. The molecule has 3 rings (SSSR count). The molecular weight excluding hydrogens is 342 g/mol. The fourth-order valence-corrected chi connectivity index (χ4v) is 2.87. The lowest BCUT2D eigenvalue weighted by Gasteiger charge is -2.24. The van der Waals surface area contributed by atoms with Crippen LogP contribution in [0.25, 0.3) is 0 Å². The number of piperidine rings is 1. The molecule has 2 aromatic rings. The van der Waals surface area contributed by atoms with E-state index in [1.165, 1.54) is 0 Å². The molecule has 0 spiro atoms. The Morgan fingerprint density at radius 2 is 2.04 bits per heavy atom. The van der Waals surface area contributed by atoms with Gasteiger partial charge in [-0.25, -0.2) is 0 Å². The smallest absolute Gasteiger partial charge is 0.255 e. The predicted octanol–water partition coefficient (Wildman–Crippen LogP) is 2.77. The van der Waals surface area contributed by atoms with Gasteiger partial charge in [0, 0.05) is 6.04 Å². The van der Waals surface area contributed by atoms with E-state index in [2.05, 4.69) is 15.8 Å². The highest BCUT2D eigenvalue weighted by molar-refractivity contribution is 5.97. The molecule has 25 heavy (non-hydrogen) atoms. The van der Waals surface area contributed by atoms with Crippen LogP contribution in [0.15, 0.2) is 28.8 Å². The Labute approximate surface area is 153 Å². The van der Waals surface area contributed by atoms with Crippen LogP contribution in [-0.2, 0) is 6.61 Å². The van der Waals surface area contributed by atoms with Gasteiger partial charge in [-0.2, -0.15) is 0 Å². The largest absolute Gasteiger partial charge is 0.488 e. The van der Waals surface area contributed by atoms with E-state index in [4.69, 9.17) is 9.26 Å². The van der Waals surface area contributed by atoms with Crippen molar-refractivity contribution in [3.8, 4) is 5.75 Å². The fraction of sp³-hybridized carbons (Fsp3) is 0.444. The average Bonchev–Trinajstić information content (AvgIpc) is 2.92. The second-order valence-corrected chi connectivity index (χ2v) is 6.09. The molecule has 0 saturated carbocycles. The van der Waals surface area contributed by atoms with Crippen LogP contribution in [0.5, 0.6) is 5.75 Å². The number of hydrogen-bond donors (Lipinski definition) is 2. The minimum atomic E-state index is -0.0868. The molecule has 1 fully saturated rings. The van der Waals surface area contributed by atoms with E-state index in [9.17, 15) is 4.79 Å². The van der Waals surface area contributed by atoms with Crippen molar-refractivity contribution in [3.63, 3.8) is 0 Å². The summed E-state index contributed by atoms with van der Waals surface area (Å²) in [4.78, 5) is 12.6. The number of rotatable bonds is 5. The second kappa shape index (κ2) is 8.87. The SMILES string of the molecule is Cc1noc(C)c1COc1ccccc1C(=O)NC1CCNCC1.Cl. The third-order valence-corrected chi connectivity index (χ3v) is 4.36. The number of para-hydroxylation sites is 1. The first-order chi connectivity index (χ1) is 11.6. The number of aromatic nitrogens is 1. The molecule has 136 valence electrons. The summed E-state index contributed by atoms with van der Waals surface area (Å²) >= 11 is 0. The highest BCUT2D eigenvalue weighted by Crippen LogP contribution is 2.22. The maximum atomic E-state index is 12.6. The van der Waals surface area contributed by atoms with E-state index in [0.717, 1.165) is 42.9 Å². The van der Waals surface area contributed by atoms with Gasteiger partial charge in [0.05, 0.1) is 16.8 Å². The number of benzene rings is 1. The topological polar surface area (TPSA) is 76.4 Å². The molecule has 1 aromatic carbocycles. The van der Waals surface area contributed by atoms with Crippen molar-refractivity contribution in [3.05, 3.63) is 46.8 Å². The summed E-state index contributed by atoms with van der Waals surface area (Å²) in [6.45, 7) is 5.95. The number of halogens is 1. The van der Waals surface area contributed by atoms with Crippen LogP contribution in [0.2, 0.25) is 0 Å². The summed E-state index contributed by atoms with van der Waals surface area (Å²) in [5.41, 5.74) is 2.29. The molecule has 6 nitrogen and oxygen atoms in total. The van der Waals surface area contributed by atoms with Crippen LogP contribution in [0, 0.1) is 13.8 Å². The highest BCUT2D eigenvalue weighted by atomic mass is 35.5. The molecule has 0 radical (unpaired) electrons. The van der Waals surface area contributed by atoms with Gasteiger partial charge in [-0.05, 0) is 51.9 Å². The first-order valence-corrected chi connectivity index (χ1v) is 8.30. The summed E-state index contributed by atoms with van der Waals surface area (Å²) in [7, 11) is 0. The average molecular weight is 366 g/mol. The maximum Gasteiger partial charge on any atom is 0.255 e. The monoisotopic (exact) mass is 365 g/mol. The number of nitrogens with one attached hydrogen (secondary N) is 2. The minimum Gasteiger partial charge on any atom is -0.488 e. The van der Waals surface area contributed by atoms with Crippen molar-refractivity contribution in [2.45, 2.75) is 39.3 Å². The van der Waals surface area contributed by atoms with Crippen LogP contribution in [0.3, 0.4) is 0 Å². The van der Waals surface area contributed by atoms with Gasteiger partial charge in [0.25, 0.3) is 5.91 Å². The molecule has 0 unspecified atom stereocenters. The van der Waals surface area contributed by atoms with Crippen molar-refractivity contribution < 1.29 is 14.1 Å². The van der Waals surface area contributed by atoms with Gasteiger partial charge in [0.1, 0.15) is 18.1 Å². The maximum absolute atomic E-state index is 12.6. The zero-order valence-electron chi connectivity index (χ0n) is 14.5. The molecule has 0 bridgehead atoms. The van der Waals surface area contributed by atoms with E-state index in [1.807, 2.05) is 32.0 Å². The van der Waals surface area contributed by atoms with Crippen LogP contribution in [0.4, 0.5) is 0 Å². The fourth-order valence-electron chi connectivity index (χ4n) is 2.87. The molecule has 0 atom stereocenters. The first kappa shape index (κ1) is 19.3. The Morgan fingerprint density at radius 3 is 2.72 bits per heavy atom. The minimum absolute atomic E-state index is 0. The van der Waals surface area contributed by atoms with Gasteiger partial charge in [-0.1, -0.05) is 17.3 Å². The summed E-state index contributed by atoms with van der Waals surface area (Å²) in [6.07, 6.45) is 1.90. The number of amides is 1. The van der Waals surface area contributed by atoms with E-state index in [-0.39, 0.29) is 24.4 Å². The number of ether oxygens (including phenoxy) is 1. The van der Waals surface area contributed by atoms with Crippen molar-refractivity contribution >= 4 is 18.3 Å². The lowest BCUT2D eigenvalue weighted by molar-refractivity contribution is 0.0925. The van der Waals surface area contributed by atoms with Crippen LogP contribution < -0.4 is 15.4 Å².